The van der Waals surface area contributed by atoms with E-state index in [0.29, 0.717) is 36.0 Å². The Kier molecular flexibility index (Phi) is 7.70. The number of nitrogens with one attached hydrogen (secondary N) is 1. The van der Waals surface area contributed by atoms with Crippen LogP contribution in [-0.4, -0.2) is 63.1 Å². The van der Waals surface area contributed by atoms with Gasteiger partial charge in [-0.25, -0.2) is 0 Å². The molecule has 8 nitrogen and oxygen atoms in total. The number of benzene rings is 1. The molecule has 1 unspecified atom stereocenters. The molecule has 150 valence electrons. The fourth-order valence-electron chi connectivity index (χ4n) is 3.20. The monoisotopic (exact) mass is 398 g/mol. The van der Waals surface area contributed by atoms with Gasteiger partial charge in [-0.2, -0.15) is 4.98 Å². The molecule has 0 spiro atoms. The normalized spacial score (nSPS) is 17.3. The Labute approximate surface area is 165 Å². The van der Waals surface area contributed by atoms with E-state index in [0.717, 1.165) is 31.0 Å². The summed E-state index contributed by atoms with van der Waals surface area (Å²) in [5.41, 5.74) is 1.00. The maximum Gasteiger partial charge on any atom is 0.227 e. The Morgan fingerprint density at radius 2 is 1.93 bits per heavy atom. The van der Waals surface area contributed by atoms with Crippen LogP contribution in [0.15, 0.2) is 16.7 Å². The number of hydrogen-bond donors (Lipinski definition) is 1. The highest BCUT2D eigenvalue weighted by atomic mass is 35.5. The number of ether oxygens (including phenoxy) is 3. The van der Waals surface area contributed by atoms with Crippen LogP contribution in [0, 0.1) is 0 Å². The number of aryl methyl sites for hydroxylation is 2. The summed E-state index contributed by atoms with van der Waals surface area (Å²) in [6.45, 7) is 2.78. The first-order valence-electron chi connectivity index (χ1n) is 8.69. The summed E-state index contributed by atoms with van der Waals surface area (Å²) in [4.78, 5) is 6.81. The number of aromatic nitrogens is 2. The second-order valence-corrected chi connectivity index (χ2v) is 6.24. The van der Waals surface area contributed by atoms with Crippen molar-refractivity contribution >= 4 is 12.4 Å². The summed E-state index contributed by atoms with van der Waals surface area (Å²) in [6.07, 6.45) is 1.33. The zero-order chi connectivity index (χ0) is 18.5. The SMILES string of the molecule is COc1ccc(CCc2nc(C3CNCCN3C)no2)c(OC)c1OC.Cl. The molecule has 9 heteroatoms. The maximum absolute atomic E-state index is 5.53. The van der Waals surface area contributed by atoms with Gasteiger partial charge in [-0.15, -0.1) is 12.4 Å². The van der Waals surface area contributed by atoms with Crippen LogP contribution in [0.1, 0.15) is 23.3 Å². The van der Waals surface area contributed by atoms with Crippen LogP contribution in [0.25, 0.3) is 0 Å². The van der Waals surface area contributed by atoms with Crippen LogP contribution in [0.5, 0.6) is 17.2 Å². The molecule has 1 atom stereocenters. The summed E-state index contributed by atoms with van der Waals surface area (Å²) < 4.78 is 21.7. The predicted octanol–water partition coefficient (Wildman–Crippen LogP) is 1.88. The average molecular weight is 399 g/mol. The van der Waals surface area contributed by atoms with E-state index in [9.17, 15) is 0 Å². The summed E-state index contributed by atoms with van der Waals surface area (Å²) in [7, 11) is 6.91. The molecule has 0 saturated carbocycles. The quantitative estimate of drug-likeness (QED) is 0.757. The summed E-state index contributed by atoms with van der Waals surface area (Å²) in [5, 5.41) is 7.53. The molecule has 1 N–H and O–H groups in total. The minimum absolute atomic E-state index is 0. The molecule has 0 bridgehead atoms. The average Bonchev–Trinajstić information content (AvgIpc) is 3.14. The van der Waals surface area contributed by atoms with Gasteiger partial charge in [0.2, 0.25) is 11.6 Å². The van der Waals surface area contributed by atoms with Crippen LogP contribution in [0.3, 0.4) is 0 Å². The first kappa shape index (κ1) is 21.3. The van der Waals surface area contributed by atoms with E-state index < -0.39 is 0 Å². The lowest BCUT2D eigenvalue weighted by atomic mass is 10.1. The standard InChI is InChI=1S/C18H26N4O4.ClH/c1-22-10-9-19-11-13(22)18-20-15(26-21-18)8-6-12-5-7-14(23-2)17(25-4)16(12)24-3;/h5,7,13,19H,6,8-11H2,1-4H3;1H. The van der Waals surface area contributed by atoms with E-state index in [2.05, 4.69) is 27.4 Å². The summed E-state index contributed by atoms with van der Waals surface area (Å²) >= 11 is 0. The predicted molar refractivity (Wildman–Crippen MR) is 103 cm³/mol. The molecule has 0 aliphatic carbocycles. The lowest BCUT2D eigenvalue weighted by molar-refractivity contribution is 0.190. The maximum atomic E-state index is 5.53. The molecule has 0 radical (unpaired) electrons. The number of hydrogen-bond acceptors (Lipinski definition) is 8. The number of likely N-dealkylation sites (N-methyl/N-ethyl adjacent to an activating group) is 1. The highest BCUT2D eigenvalue weighted by Gasteiger charge is 2.25. The molecule has 1 aliphatic rings. The molecule has 3 rings (SSSR count). The van der Waals surface area contributed by atoms with Gasteiger partial charge in [0.1, 0.15) is 0 Å². The number of nitrogens with zero attached hydrogens (tertiary/aromatic N) is 3. The van der Waals surface area contributed by atoms with Gasteiger partial charge >= 0.3 is 0 Å². The minimum Gasteiger partial charge on any atom is -0.493 e. The molecule has 2 aromatic rings. The Morgan fingerprint density at radius 1 is 1.15 bits per heavy atom. The van der Waals surface area contributed by atoms with Crippen molar-refractivity contribution in [2.75, 3.05) is 48.0 Å². The molecule has 1 fully saturated rings. The van der Waals surface area contributed by atoms with E-state index in [1.165, 1.54) is 0 Å². The lowest BCUT2D eigenvalue weighted by Gasteiger charge is -2.30. The van der Waals surface area contributed by atoms with E-state index >= 15 is 0 Å². The fraction of sp³-hybridized carbons (Fsp3) is 0.556. The molecule has 1 aromatic carbocycles. The van der Waals surface area contributed by atoms with Crippen molar-refractivity contribution in [2.45, 2.75) is 18.9 Å². The van der Waals surface area contributed by atoms with Crippen molar-refractivity contribution in [1.82, 2.24) is 20.4 Å². The third kappa shape index (κ3) is 4.63. The van der Waals surface area contributed by atoms with Crippen molar-refractivity contribution in [3.8, 4) is 17.2 Å². The van der Waals surface area contributed by atoms with Gasteiger partial charge in [0, 0.05) is 26.1 Å². The largest absolute Gasteiger partial charge is 0.493 e. The van der Waals surface area contributed by atoms with E-state index in [4.69, 9.17) is 18.7 Å². The number of piperazine rings is 1. The Balaban J connectivity index is 0.00000261. The molecule has 1 aromatic heterocycles. The van der Waals surface area contributed by atoms with Crippen molar-refractivity contribution in [1.29, 1.82) is 0 Å². The first-order valence-corrected chi connectivity index (χ1v) is 8.69. The lowest BCUT2D eigenvalue weighted by Crippen LogP contribution is -2.44. The Hall–Kier alpha value is -2.03. The van der Waals surface area contributed by atoms with Crippen LogP contribution in [-0.2, 0) is 12.8 Å². The van der Waals surface area contributed by atoms with Crippen molar-refractivity contribution in [3.05, 3.63) is 29.4 Å². The van der Waals surface area contributed by atoms with Crippen molar-refractivity contribution in [2.24, 2.45) is 0 Å². The topological polar surface area (TPSA) is 81.9 Å². The van der Waals surface area contributed by atoms with Crippen molar-refractivity contribution in [3.63, 3.8) is 0 Å². The number of methoxy groups -OCH3 is 3. The van der Waals surface area contributed by atoms with Crippen molar-refractivity contribution < 1.29 is 18.7 Å². The third-order valence-corrected chi connectivity index (χ3v) is 4.69. The Morgan fingerprint density at radius 3 is 2.59 bits per heavy atom. The van der Waals surface area contributed by atoms with Gasteiger partial charge in [-0.1, -0.05) is 11.2 Å². The van der Waals surface area contributed by atoms with Crippen LogP contribution in [0.4, 0.5) is 0 Å². The summed E-state index contributed by atoms with van der Waals surface area (Å²) in [6, 6.07) is 3.99. The summed E-state index contributed by atoms with van der Waals surface area (Å²) in [5.74, 6) is 3.25. The smallest absolute Gasteiger partial charge is 0.227 e. The van der Waals surface area contributed by atoms with Gasteiger partial charge in [-0.3, -0.25) is 4.90 Å². The molecular formula is C18H27ClN4O4. The number of rotatable bonds is 7. The molecule has 1 aliphatic heterocycles. The second-order valence-electron chi connectivity index (χ2n) is 6.24. The molecule has 1 saturated heterocycles. The van der Waals surface area contributed by atoms with Crippen LogP contribution in [0.2, 0.25) is 0 Å². The first-order chi connectivity index (χ1) is 12.7. The Bertz CT molecular complexity index is 740. The van der Waals surface area contributed by atoms with Gasteiger partial charge in [0.25, 0.3) is 0 Å². The molecule has 0 amide bonds. The highest BCUT2D eigenvalue weighted by molar-refractivity contribution is 5.85. The zero-order valence-corrected chi connectivity index (χ0v) is 17.0. The van der Waals surface area contributed by atoms with E-state index in [1.807, 2.05) is 12.1 Å². The minimum atomic E-state index is 0. The molecule has 2 heterocycles. The molecular weight excluding hydrogens is 372 g/mol. The van der Waals surface area contributed by atoms with E-state index in [1.54, 1.807) is 21.3 Å². The van der Waals surface area contributed by atoms with Crippen LogP contribution < -0.4 is 19.5 Å². The third-order valence-electron chi connectivity index (χ3n) is 4.69. The zero-order valence-electron chi connectivity index (χ0n) is 16.2. The van der Waals surface area contributed by atoms with Gasteiger partial charge in [-0.05, 0) is 25.1 Å². The van der Waals surface area contributed by atoms with Gasteiger partial charge < -0.3 is 24.1 Å². The molecule has 27 heavy (non-hydrogen) atoms. The van der Waals surface area contributed by atoms with Gasteiger partial charge in [0.15, 0.2) is 17.3 Å². The fourth-order valence-corrected chi connectivity index (χ4v) is 3.20. The van der Waals surface area contributed by atoms with E-state index in [-0.39, 0.29) is 18.4 Å². The highest BCUT2D eigenvalue weighted by Crippen LogP contribution is 2.40. The van der Waals surface area contributed by atoms with Gasteiger partial charge in [0.05, 0.1) is 27.4 Å². The second kappa shape index (κ2) is 9.77. The number of halogens is 1. The van der Waals surface area contributed by atoms with Crippen LogP contribution >= 0.6 is 12.4 Å².